The van der Waals surface area contributed by atoms with Gasteiger partial charge in [-0.05, 0) is 0 Å². The van der Waals surface area contributed by atoms with Gasteiger partial charge in [0.25, 0.3) is 0 Å². The van der Waals surface area contributed by atoms with E-state index in [1.54, 1.807) is 10.2 Å². The number of rotatable bonds is 3. The molecule has 0 nitrogen and oxygen atoms in total. The molecule has 3 aromatic heterocycles. The van der Waals surface area contributed by atoms with E-state index in [0.29, 0.717) is 0 Å². The van der Waals surface area contributed by atoms with Gasteiger partial charge in [0.2, 0.25) is 0 Å². The molecule has 0 saturated heterocycles. The van der Waals surface area contributed by atoms with Crippen molar-refractivity contribution in [2.45, 2.75) is 0 Å². The van der Waals surface area contributed by atoms with Crippen molar-refractivity contribution in [2.24, 2.45) is 0 Å². The topological polar surface area (TPSA) is 0 Å². The van der Waals surface area contributed by atoms with Gasteiger partial charge in [-0.3, -0.25) is 0 Å². The van der Waals surface area contributed by atoms with Crippen LogP contribution < -0.4 is 10.2 Å². The van der Waals surface area contributed by atoms with Crippen molar-refractivity contribution < 1.29 is 16.5 Å². The van der Waals surface area contributed by atoms with E-state index in [4.69, 9.17) is 0 Å². The molecule has 84 valence electrons. The molecule has 0 N–H and O–H groups in total. The maximum absolute atomic E-state index is 2.31. The molecule has 0 aromatic carbocycles. The van der Waals surface area contributed by atoms with Crippen LogP contribution in [0.3, 0.4) is 0 Å². The third-order valence-corrected chi connectivity index (χ3v) is 14.5. The van der Waals surface area contributed by atoms with Crippen LogP contribution in [0.2, 0.25) is 0 Å². The van der Waals surface area contributed by atoms with Crippen LogP contribution in [0.15, 0.2) is 52.5 Å². The van der Waals surface area contributed by atoms with Gasteiger partial charge in [-0.15, -0.1) is 0 Å². The van der Waals surface area contributed by atoms with Gasteiger partial charge in [0.1, 0.15) is 0 Å². The molecule has 0 spiro atoms. The van der Waals surface area contributed by atoms with Gasteiger partial charge in [0.15, 0.2) is 0 Å². The van der Waals surface area contributed by atoms with Crippen LogP contribution in [-0.2, 0) is 16.5 Å². The van der Waals surface area contributed by atoms with Gasteiger partial charge < -0.3 is 0 Å². The van der Waals surface area contributed by atoms with Crippen molar-refractivity contribution in [1.82, 2.24) is 0 Å². The Balaban J connectivity index is 2.09. The minimum absolute atomic E-state index is 1.42. The summed E-state index contributed by atoms with van der Waals surface area (Å²) >= 11 is 4.33. The Bertz CT molecular complexity index is 441. The van der Waals surface area contributed by atoms with Gasteiger partial charge in [-0.1, -0.05) is 0 Å². The Kier molecular flexibility index (Phi) is 3.36. The van der Waals surface area contributed by atoms with Crippen molar-refractivity contribution in [3.05, 3.63) is 52.5 Å². The van der Waals surface area contributed by atoms with E-state index in [9.17, 15) is 0 Å². The summed E-state index contributed by atoms with van der Waals surface area (Å²) in [5.74, 6) is 0. The molecule has 0 radical (unpaired) electrons. The minimum atomic E-state index is -1.42. The first-order valence-electron chi connectivity index (χ1n) is 4.69. The molecular formula is C12H9IrS3. The van der Waals surface area contributed by atoms with E-state index in [1.807, 2.05) is 34.0 Å². The van der Waals surface area contributed by atoms with E-state index < -0.39 is 16.5 Å². The fraction of sp³-hybridized carbons (Fsp3) is 0. The molecule has 16 heavy (non-hydrogen) atoms. The summed E-state index contributed by atoms with van der Waals surface area (Å²) in [6, 6.07) is 13.4. The second-order valence-corrected chi connectivity index (χ2v) is 13.8. The normalized spacial score (nSPS) is 11.6. The van der Waals surface area contributed by atoms with Gasteiger partial charge in [0, 0.05) is 0 Å². The standard InChI is InChI=1S/3C4H3S.Ir/c3*1-2-4-5-3-1;/h3*1-3H;. The summed E-state index contributed by atoms with van der Waals surface area (Å²) in [7, 11) is 0. The fourth-order valence-corrected chi connectivity index (χ4v) is 15.1. The Morgan fingerprint density at radius 2 is 1.00 bits per heavy atom. The van der Waals surface area contributed by atoms with Crippen molar-refractivity contribution >= 4 is 44.2 Å². The first kappa shape index (κ1) is 10.9. The van der Waals surface area contributed by atoms with Crippen molar-refractivity contribution in [1.29, 1.82) is 0 Å². The zero-order valence-electron chi connectivity index (χ0n) is 8.25. The van der Waals surface area contributed by atoms with Crippen molar-refractivity contribution in [3.63, 3.8) is 0 Å². The second kappa shape index (κ2) is 4.94. The van der Waals surface area contributed by atoms with E-state index in [1.165, 1.54) is 0 Å². The van der Waals surface area contributed by atoms with Crippen LogP contribution in [0, 0.1) is 0 Å². The predicted octanol–water partition coefficient (Wildman–Crippen LogP) is 2.77. The second-order valence-electron chi connectivity index (χ2n) is 2.94. The molecule has 0 atom stereocenters. The maximum atomic E-state index is 2.31. The monoisotopic (exact) mass is 442 g/mol. The van der Waals surface area contributed by atoms with Crippen molar-refractivity contribution in [3.8, 4) is 0 Å². The summed E-state index contributed by atoms with van der Waals surface area (Å²) < 4.78 is 4.81. The number of hydrogen-bond donors (Lipinski definition) is 0. The van der Waals surface area contributed by atoms with E-state index in [0.717, 1.165) is 0 Å². The third-order valence-electron chi connectivity index (χ3n) is 1.91. The average molecular weight is 442 g/mol. The summed E-state index contributed by atoms with van der Waals surface area (Å²) in [6.45, 7) is 0. The molecule has 3 rings (SSSR count). The first-order chi connectivity index (χ1) is 7.95. The van der Waals surface area contributed by atoms with Gasteiger partial charge in [-0.25, -0.2) is 0 Å². The zero-order valence-corrected chi connectivity index (χ0v) is 13.1. The molecule has 3 heterocycles. The molecule has 0 saturated carbocycles. The molecule has 0 amide bonds. The molecule has 0 unspecified atom stereocenters. The van der Waals surface area contributed by atoms with E-state index in [2.05, 4.69) is 52.5 Å². The molecule has 0 aliphatic carbocycles. The molecule has 0 aliphatic rings. The van der Waals surface area contributed by atoms with E-state index in [-0.39, 0.29) is 0 Å². The van der Waals surface area contributed by atoms with Crippen LogP contribution in [0.1, 0.15) is 0 Å². The molecule has 4 heteroatoms. The fourth-order valence-electron chi connectivity index (χ4n) is 1.28. The molecular weight excluding hydrogens is 433 g/mol. The summed E-state index contributed by atoms with van der Waals surface area (Å²) in [5.41, 5.74) is 0. The van der Waals surface area contributed by atoms with Crippen LogP contribution in [-0.4, -0.2) is 0 Å². The van der Waals surface area contributed by atoms with Gasteiger partial charge in [0.05, 0.1) is 0 Å². The first-order valence-corrected chi connectivity index (χ1v) is 10.9. The van der Waals surface area contributed by atoms with Crippen LogP contribution >= 0.6 is 34.0 Å². The Labute approximate surface area is 112 Å². The summed E-state index contributed by atoms with van der Waals surface area (Å²) in [6.07, 6.45) is 0. The number of hydrogen-bond acceptors (Lipinski definition) is 3. The van der Waals surface area contributed by atoms with Crippen LogP contribution in [0.5, 0.6) is 0 Å². The van der Waals surface area contributed by atoms with E-state index >= 15 is 0 Å². The molecule has 3 aromatic rings. The SMILES string of the molecule is c1cs[c]([Ir]([c]2cccs2)[c]2cccs2)c1. The zero-order chi connectivity index (χ0) is 10.8. The summed E-state index contributed by atoms with van der Waals surface area (Å²) in [4.78, 5) is 0. The van der Waals surface area contributed by atoms with Crippen LogP contribution in [0.4, 0.5) is 0 Å². The molecule has 0 aliphatic heterocycles. The number of thiophene rings is 3. The quantitative estimate of drug-likeness (QED) is 0.586. The Morgan fingerprint density at radius 3 is 1.25 bits per heavy atom. The Morgan fingerprint density at radius 1 is 0.625 bits per heavy atom. The summed E-state index contributed by atoms with van der Waals surface area (Å²) in [5, 5.41) is 6.59. The Hall–Kier alpha value is -0.251. The van der Waals surface area contributed by atoms with Crippen LogP contribution in [0.25, 0.3) is 0 Å². The predicted molar refractivity (Wildman–Crippen MR) is 71.9 cm³/mol. The van der Waals surface area contributed by atoms with Gasteiger partial charge >= 0.3 is 113 Å². The van der Waals surface area contributed by atoms with Gasteiger partial charge in [-0.2, -0.15) is 0 Å². The third kappa shape index (κ3) is 2.08. The molecule has 0 bridgehead atoms. The van der Waals surface area contributed by atoms with Crippen molar-refractivity contribution in [2.75, 3.05) is 0 Å². The average Bonchev–Trinajstić information content (AvgIpc) is 3.02. The molecule has 0 fully saturated rings.